The van der Waals surface area contributed by atoms with Gasteiger partial charge >= 0.3 is 5.97 Å². The highest BCUT2D eigenvalue weighted by Gasteiger charge is 2.16. The van der Waals surface area contributed by atoms with Crippen molar-refractivity contribution < 1.29 is 14.7 Å². The fourth-order valence-electron chi connectivity index (χ4n) is 1.23. The normalized spacial score (nSPS) is 12.3. The molecule has 1 aromatic heterocycles. The third-order valence-electron chi connectivity index (χ3n) is 2.06. The molecule has 1 unspecified atom stereocenters. The molecular formula is C12H14N2O3S. The van der Waals surface area contributed by atoms with Crippen molar-refractivity contribution in [2.24, 2.45) is 0 Å². The van der Waals surface area contributed by atoms with Gasteiger partial charge in [-0.25, -0.2) is 9.78 Å². The molecule has 96 valence electrons. The van der Waals surface area contributed by atoms with Crippen LogP contribution < -0.4 is 5.32 Å². The Labute approximate surface area is 109 Å². The molecule has 0 radical (unpaired) electrons. The summed E-state index contributed by atoms with van der Waals surface area (Å²) in [5, 5.41) is 13.9. The summed E-state index contributed by atoms with van der Waals surface area (Å²) in [6.07, 6.45) is 4.45. The Hall–Kier alpha value is -1.95. The van der Waals surface area contributed by atoms with Gasteiger partial charge in [-0.1, -0.05) is 6.08 Å². The standard InChI is InChI=1S/C12H14N2O3S/c1-3-4-10(12(16)17)14-11(15)6-5-9-7-18-8(2)13-9/h3,5-7,10H,1,4H2,2H3,(H,14,15)(H,16,17)/b6-5+. The number of carbonyl (C=O) groups is 2. The van der Waals surface area contributed by atoms with Gasteiger partial charge in [-0.05, 0) is 19.4 Å². The quantitative estimate of drug-likeness (QED) is 0.605. The van der Waals surface area contributed by atoms with Crippen molar-refractivity contribution in [1.82, 2.24) is 10.3 Å². The van der Waals surface area contributed by atoms with E-state index in [1.54, 1.807) is 6.08 Å². The molecule has 0 spiro atoms. The van der Waals surface area contributed by atoms with Crippen LogP contribution in [0.2, 0.25) is 0 Å². The average molecular weight is 266 g/mol. The zero-order valence-electron chi connectivity index (χ0n) is 9.92. The molecule has 0 aliphatic rings. The predicted molar refractivity (Wildman–Crippen MR) is 70.3 cm³/mol. The number of aryl methyl sites for hydroxylation is 1. The third-order valence-corrected chi connectivity index (χ3v) is 2.85. The maximum atomic E-state index is 11.5. The number of thiazole rings is 1. The molecule has 0 aliphatic heterocycles. The maximum absolute atomic E-state index is 11.5. The first-order valence-electron chi connectivity index (χ1n) is 5.27. The smallest absolute Gasteiger partial charge is 0.326 e. The molecule has 5 nitrogen and oxygen atoms in total. The molecule has 0 saturated heterocycles. The van der Waals surface area contributed by atoms with E-state index in [4.69, 9.17) is 5.11 Å². The number of carboxylic acids is 1. The number of amides is 1. The van der Waals surface area contributed by atoms with Crippen molar-refractivity contribution in [3.8, 4) is 0 Å². The second-order valence-corrected chi connectivity index (χ2v) is 4.61. The van der Waals surface area contributed by atoms with Gasteiger partial charge in [-0.3, -0.25) is 4.79 Å². The number of hydrogen-bond donors (Lipinski definition) is 2. The van der Waals surface area contributed by atoms with Crippen LogP contribution in [0.15, 0.2) is 24.1 Å². The Morgan fingerprint density at radius 1 is 1.67 bits per heavy atom. The minimum atomic E-state index is -1.08. The number of nitrogens with zero attached hydrogens (tertiary/aromatic N) is 1. The van der Waals surface area contributed by atoms with E-state index in [1.165, 1.54) is 23.5 Å². The maximum Gasteiger partial charge on any atom is 0.326 e. The highest BCUT2D eigenvalue weighted by Crippen LogP contribution is 2.09. The lowest BCUT2D eigenvalue weighted by Gasteiger charge is -2.10. The summed E-state index contributed by atoms with van der Waals surface area (Å²) < 4.78 is 0. The highest BCUT2D eigenvalue weighted by molar-refractivity contribution is 7.09. The van der Waals surface area contributed by atoms with Gasteiger partial charge in [0.2, 0.25) is 5.91 Å². The average Bonchev–Trinajstić information content (AvgIpc) is 2.72. The molecule has 1 atom stereocenters. The topological polar surface area (TPSA) is 79.3 Å². The molecule has 0 bridgehead atoms. The van der Waals surface area contributed by atoms with Gasteiger partial charge in [-0.15, -0.1) is 17.9 Å². The van der Waals surface area contributed by atoms with Crippen LogP contribution in [0.4, 0.5) is 0 Å². The second kappa shape index (κ2) is 6.70. The Bertz CT molecular complexity index is 479. The lowest BCUT2D eigenvalue weighted by atomic mass is 10.2. The van der Waals surface area contributed by atoms with Crippen LogP contribution in [0.5, 0.6) is 0 Å². The molecule has 1 aromatic rings. The number of rotatable bonds is 6. The number of carbonyl (C=O) groups excluding carboxylic acids is 1. The van der Waals surface area contributed by atoms with E-state index in [0.29, 0.717) is 5.69 Å². The molecule has 0 saturated carbocycles. The summed E-state index contributed by atoms with van der Waals surface area (Å²) in [4.78, 5) is 26.5. The summed E-state index contributed by atoms with van der Waals surface area (Å²) in [5.41, 5.74) is 0.684. The molecule has 0 aromatic carbocycles. The minimum Gasteiger partial charge on any atom is -0.480 e. The molecule has 1 heterocycles. The van der Waals surface area contributed by atoms with E-state index in [-0.39, 0.29) is 6.42 Å². The van der Waals surface area contributed by atoms with Crippen molar-refractivity contribution >= 4 is 29.3 Å². The van der Waals surface area contributed by atoms with Crippen LogP contribution in [0.3, 0.4) is 0 Å². The first-order valence-corrected chi connectivity index (χ1v) is 6.15. The van der Waals surface area contributed by atoms with E-state index < -0.39 is 17.9 Å². The molecular weight excluding hydrogens is 252 g/mol. The molecule has 2 N–H and O–H groups in total. The zero-order chi connectivity index (χ0) is 13.5. The van der Waals surface area contributed by atoms with Crippen LogP contribution in [0, 0.1) is 6.92 Å². The Morgan fingerprint density at radius 2 is 2.39 bits per heavy atom. The predicted octanol–water partition coefficient (Wildman–Crippen LogP) is 1.61. The Kier molecular flexibility index (Phi) is 5.26. The van der Waals surface area contributed by atoms with E-state index in [2.05, 4.69) is 16.9 Å². The number of aliphatic carboxylic acids is 1. The Morgan fingerprint density at radius 3 is 2.89 bits per heavy atom. The van der Waals surface area contributed by atoms with Gasteiger partial charge < -0.3 is 10.4 Å². The molecule has 1 rings (SSSR count). The third kappa shape index (κ3) is 4.50. The number of nitrogens with one attached hydrogen (secondary N) is 1. The van der Waals surface area contributed by atoms with Crippen molar-refractivity contribution in [2.75, 3.05) is 0 Å². The lowest BCUT2D eigenvalue weighted by Crippen LogP contribution is -2.39. The largest absolute Gasteiger partial charge is 0.480 e. The van der Waals surface area contributed by atoms with Crippen LogP contribution >= 0.6 is 11.3 Å². The molecule has 0 aliphatic carbocycles. The van der Waals surface area contributed by atoms with Crippen LogP contribution in [-0.4, -0.2) is 28.0 Å². The van der Waals surface area contributed by atoms with E-state index in [0.717, 1.165) is 5.01 Å². The van der Waals surface area contributed by atoms with Crippen LogP contribution in [0.25, 0.3) is 6.08 Å². The Balaban J connectivity index is 2.57. The minimum absolute atomic E-state index is 0.185. The molecule has 18 heavy (non-hydrogen) atoms. The van der Waals surface area contributed by atoms with Gasteiger partial charge in [0, 0.05) is 11.5 Å². The fraction of sp³-hybridized carbons (Fsp3) is 0.250. The summed E-state index contributed by atoms with van der Waals surface area (Å²) in [7, 11) is 0. The number of hydrogen-bond acceptors (Lipinski definition) is 4. The van der Waals surface area contributed by atoms with Crippen LogP contribution in [-0.2, 0) is 9.59 Å². The van der Waals surface area contributed by atoms with Gasteiger partial charge in [0.1, 0.15) is 6.04 Å². The van der Waals surface area contributed by atoms with Gasteiger partial charge in [0.25, 0.3) is 0 Å². The van der Waals surface area contributed by atoms with Crippen LogP contribution in [0.1, 0.15) is 17.1 Å². The van der Waals surface area contributed by atoms with Crippen molar-refractivity contribution in [3.63, 3.8) is 0 Å². The van der Waals surface area contributed by atoms with Crippen molar-refractivity contribution in [3.05, 3.63) is 34.8 Å². The first-order chi connectivity index (χ1) is 8.52. The molecule has 1 amide bonds. The van der Waals surface area contributed by atoms with Crippen molar-refractivity contribution in [1.29, 1.82) is 0 Å². The second-order valence-electron chi connectivity index (χ2n) is 3.55. The summed E-state index contributed by atoms with van der Waals surface area (Å²) in [5.74, 6) is -1.55. The number of carboxylic acid groups (broad SMARTS) is 1. The van der Waals surface area contributed by atoms with Gasteiger partial charge in [0.05, 0.1) is 10.7 Å². The summed E-state index contributed by atoms with van der Waals surface area (Å²) >= 11 is 1.48. The van der Waals surface area contributed by atoms with Gasteiger partial charge in [0.15, 0.2) is 0 Å². The first kappa shape index (κ1) is 14.1. The summed E-state index contributed by atoms with van der Waals surface area (Å²) in [6.45, 7) is 5.31. The van der Waals surface area contributed by atoms with E-state index in [1.807, 2.05) is 12.3 Å². The lowest BCUT2D eigenvalue weighted by molar-refractivity contribution is -0.141. The monoisotopic (exact) mass is 266 g/mol. The highest BCUT2D eigenvalue weighted by atomic mass is 32.1. The zero-order valence-corrected chi connectivity index (χ0v) is 10.7. The molecule has 6 heteroatoms. The number of aromatic nitrogens is 1. The summed E-state index contributed by atoms with van der Waals surface area (Å²) in [6, 6.07) is -0.947. The fourth-order valence-corrected chi connectivity index (χ4v) is 1.81. The van der Waals surface area contributed by atoms with E-state index >= 15 is 0 Å². The molecule has 0 fully saturated rings. The SMILES string of the molecule is C=CCC(NC(=O)/C=C/c1csc(C)n1)C(=O)O. The van der Waals surface area contributed by atoms with E-state index in [9.17, 15) is 9.59 Å². The van der Waals surface area contributed by atoms with Gasteiger partial charge in [-0.2, -0.15) is 0 Å². The van der Waals surface area contributed by atoms with Crippen molar-refractivity contribution in [2.45, 2.75) is 19.4 Å².